The summed E-state index contributed by atoms with van der Waals surface area (Å²) in [6.07, 6.45) is 1.46. The highest BCUT2D eigenvalue weighted by Crippen LogP contribution is 2.30. The van der Waals surface area contributed by atoms with E-state index in [0.717, 1.165) is 22.9 Å². The number of hydrogen-bond donors (Lipinski definition) is 2. The molecule has 0 radical (unpaired) electrons. The minimum absolute atomic E-state index is 0.0153. The first-order valence-electron chi connectivity index (χ1n) is 12.5. The van der Waals surface area contributed by atoms with Gasteiger partial charge in [-0.1, -0.05) is 72.3 Å². The van der Waals surface area contributed by atoms with E-state index in [0.29, 0.717) is 32.5 Å². The van der Waals surface area contributed by atoms with Crippen molar-refractivity contribution in [2.24, 2.45) is 4.99 Å². The highest BCUT2D eigenvalue weighted by Gasteiger charge is 2.24. The Morgan fingerprint density at radius 1 is 0.976 bits per heavy atom. The standard InChI is InChI=1S/C31H24FN3O4S2/c1-20-7-14-25(15-8-20)41(38,39)35-29(36)19-21-9-12-24(13-10-21)33-31-34-30(37)28(40-31)18-22-11-16-26(27(32)17-22)23-5-3-2-4-6-23/h2-18H,19H2,1H3,(H,35,36)(H,33,34,37)/b28-18+. The molecule has 206 valence electrons. The van der Waals surface area contributed by atoms with Crippen molar-refractivity contribution >= 4 is 50.5 Å². The van der Waals surface area contributed by atoms with Crippen LogP contribution in [0.5, 0.6) is 0 Å². The minimum Gasteiger partial charge on any atom is -0.300 e. The topological polar surface area (TPSA) is 105 Å². The predicted molar refractivity (Wildman–Crippen MR) is 159 cm³/mol. The molecule has 0 bridgehead atoms. The number of amidine groups is 1. The lowest BCUT2D eigenvalue weighted by Gasteiger charge is -2.07. The fourth-order valence-corrected chi connectivity index (χ4v) is 5.88. The molecule has 5 rings (SSSR count). The van der Waals surface area contributed by atoms with Crippen LogP contribution >= 0.6 is 11.8 Å². The number of benzene rings is 4. The molecule has 0 spiro atoms. The molecule has 1 aliphatic heterocycles. The van der Waals surface area contributed by atoms with Gasteiger partial charge in [0.05, 0.1) is 21.9 Å². The maximum atomic E-state index is 14.7. The third-order valence-electron chi connectivity index (χ3n) is 6.14. The zero-order valence-electron chi connectivity index (χ0n) is 21.8. The monoisotopic (exact) mass is 585 g/mol. The molecule has 41 heavy (non-hydrogen) atoms. The Morgan fingerprint density at radius 3 is 2.37 bits per heavy atom. The number of hydrogen-bond acceptors (Lipinski definition) is 6. The highest BCUT2D eigenvalue weighted by atomic mass is 32.2. The number of amides is 2. The second-order valence-corrected chi connectivity index (χ2v) is 12.0. The van der Waals surface area contributed by atoms with Crippen molar-refractivity contribution in [3.05, 3.63) is 124 Å². The van der Waals surface area contributed by atoms with Crippen LogP contribution < -0.4 is 10.0 Å². The van der Waals surface area contributed by atoms with Gasteiger partial charge in [-0.05, 0) is 71.8 Å². The number of aryl methyl sites for hydroxylation is 1. The van der Waals surface area contributed by atoms with E-state index in [4.69, 9.17) is 0 Å². The molecule has 1 heterocycles. The molecule has 4 aromatic rings. The molecule has 0 saturated carbocycles. The van der Waals surface area contributed by atoms with Crippen molar-refractivity contribution in [1.82, 2.24) is 10.0 Å². The van der Waals surface area contributed by atoms with Crippen LogP contribution in [0.25, 0.3) is 17.2 Å². The summed E-state index contributed by atoms with van der Waals surface area (Å²) in [5, 5.41) is 3.06. The number of nitrogens with zero attached hydrogens (tertiary/aromatic N) is 1. The average molecular weight is 586 g/mol. The van der Waals surface area contributed by atoms with Crippen molar-refractivity contribution in [3.63, 3.8) is 0 Å². The molecule has 0 aromatic heterocycles. The number of nitrogens with one attached hydrogen (secondary N) is 2. The highest BCUT2D eigenvalue weighted by molar-refractivity contribution is 8.18. The Kier molecular flexibility index (Phi) is 8.14. The van der Waals surface area contributed by atoms with E-state index >= 15 is 0 Å². The smallest absolute Gasteiger partial charge is 0.264 e. The van der Waals surface area contributed by atoms with Crippen molar-refractivity contribution < 1.29 is 22.4 Å². The van der Waals surface area contributed by atoms with Crippen molar-refractivity contribution in [3.8, 4) is 11.1 Å². The van der Waals surface area contributed by atoms with Gasteiger partial charge in [-0.25, -0.2) is 22.5 Å². The maximum Gasteiger partial charge on any atom is 0.264 e. The zero-order chi connectivity index (χ0) is 29.0. The van der Waals surface area contributed by atoms with Gasteiger partial charge in [0.1, 0.15) is 5.82 Å². The summed E-state index contributed by atoms with van der Waals surface area (Å²) >= 11 is 1.13. The van der Waals surface area contributed by atoms with Crippen LogP contribution in [-0.4, -0.2) is 25.4 Å². The van der Waals surface area contributed by atoms with Crippen molar-refractivity contribution in [2.75, 3.05) is 0 Å². The summed E-state index contributed by atoms with van der Waals surface area (Å²) in [5.74, 6) is -1.39. The number of aliphatic imine (C=N–C) groups is 1. The molecule has 2 amide bonds. The fraction of sp³-hybridized carbons (Fsp3) is 0.0645. The Hall–Kier alpha value is -4.54. The van der Waals surface area contributed by atoms with Gasteiger partial charge in [-0.15, -0.1) is 0 Å². The number of halogens is 1. The van der Waals surface area contributed by atoms with Gasteiger partial charge in [0.2, 0.25) is 5.91 Å². The zero-order valence-corrected chi connectivity index (χ0v) is 23.4. The van der Waals surface area contributed by atoms with Crippen LogP contribution in [0.15, 0.2) is 112 Å². The average Bonchev–Trinajstić information content (AvgIpc) is 3.28. The summed E-state index contributed by atoms with van der Waals surface area (Å²) in [7, 11) is -3.96. The lowest BCUT2D eigenvalue weighted by atomic mass is 10.0. The van der Waals surface area contributed by atoms with Gasteiger partial charge >= 0.3 is 0 Å². The first kappa shape index (κ1) is 28.0. The number of carbonyl (C=O) groups excluding carboxylic acids is 2. The van der Waals surface area contributed by atoms with Gasteiger partial charge in [0.25, 0.3) is 15.9 Å². The van der Waals surface area contributed by atoms with E-state index in [-0.39, 0.29) is 23.0 Å². The summed E-state index contributed by atoms with van der Waals surface area (Å²) in [6, 6.07) is 26.9. The molecule has 4 aromatic carbocycles. The second-order valence-electron chi connectivity index (χ2n) is 9.27. The van der Waals surface area contributed by atoms with Gasteiger partial charge in [-0.2, -0.15) is 0 Å². The molecule has 0 unspecified atom stereocenters. The molecular formula is C31H24FN3O4S2. The van der Waals surface area contributed by atoms with Crippen LogP contribution in [0.2, 0.25) is 0 Å². The molecule has 1 saturated heterocycles. The minimum atomic E-state index is -3.96. The molecular weight excluding hydrogens is 561 g/mol. The molecule has 10 heteroatoms. The van der Waals surface area contributed by atoms with E-state index < -0.39 is 15.9 Å². The summed E-state index contributed by atoms with van der Waals surface area (Å²) in [4.78, 5) is 29.7. The van der Waals surface area contributed by atoms with E-state index in [9.17, 15) is 22.4 Å². The first-order chi connectivity index (χ1) is 19.7. The molecule has 7 nitrogen and oxygen atoms in total. The Labute approximate surface area is 241 Å². The predicted octanol–water partition coefficient (Wildman–Crippen LogP) is 5.74. The third-order valence-corrected chi connectivity index (χ3v) is 8.44. The van der Waals surface area contributed by atoms with E-state index in [2.05, 4.69) is 15.0 Å². The summed E-state index contributed by atoms with van der Waals surface area (Å²) in [5.41, 5.74) is 3.83. The van der Waals surface area contributed by atoms with E-state index in [1.54, 1.807) is 54.6 Å². The number of thioether (sulfide) groups is 1. The first-order valence-corrected chi connectivity index (χ1v) is 14.8. The second kappa shape index (κ2) is 11.9. The van der Waals surface area contributed by atoms with Crippen molar-refractivity contribution in [1.29, 1.82) is 0 Å². The van der Waals surface area contributed by atoms with Crippen LogP contribution in [-0.2, 0) is 26.0 Å². The fourth-order valence-electron chi connectivity index (χ4n) is 4.06. The Balaban J connectivity index is 1.22. The number of carbonyl (C=O) groups is 2. The SMILES string of the molecule is Cc1ccc(S(=O)(=O)NC(=O)Cc2ccc(N=C3NC(=O)/C(=C\c4ccc(-c5ccccc5)c(F)c4)S3)cc2)cc1. The van der Waals surface area contributed by atoms with Crippen LogP contribution in [0.4, 0.5) is 10.1 Å². The number of rotatable bonds is 7. The molecule has 1 fully saturated rings. The molecule has 0 aliphatic carbocycles. The summed E-state index contributed by atoms with van der Waals surface area (Å²) < 4.78 is 41.7. The molecule has 1 aliphatic rings. The van der Waals surface area contributed by atoms with Gasteiger partial charge in [-0.3, -0.25) is 9.59 Å². The van der Waals surface area contributed by atoms with E-state index in [1.807, 2.05) is 37.3 Å². The van der Waals surface area contributed by atoms with Crippen LogP contribution in [0.3, 0.4) is 0 Å². The largest absolute Gasteiger partial charge is 0.300 e. The normalized spacial score (nSPS) is 15.2. The van der Waals surface area contributed by atoms with Crippen molar-refractivity contribution in [2.45, 2.75) is 18.2 Å². The van der Waals surface area contributed by atoms with Gasteiger partial charge in [0.15, 0.2) is 5.17 Å². The van der Waals surface area contributed by atoms with E-state index in [1.165, 1.54) is 18.2 Å². The lowest BCUT2D eigenvalue weighted by molar-refractivity contribution is -0.118. The maximum absolute atomic E-state index is 14.7. The molecule has 0 atom stereocenters. The Morgan fingerprint density at radius 2 is 1.68 bits per heavy atom. The summed E-state index contributed by atoms with van der Waals surface area (Å²) in [6.45, 7) is 1.84. The lowest BCUT2D eigenvalue weighted by Crippen LogP contribution is -2.31. The number of sulfonamides is 1. The molecule has 2 N–H and O–H groups in total. The Bertz CT molecular complexity index is 1790. The van der Waals surface area contributed by atoms with Crippen LogP contribution in [0, 0.1) is 12.7 Å². The third kappa shape index (κ3) is 6.97. The van der Waals surface area contributed by atoms with Crippen LogP contribution in [0.1, 0.15) is 16.7 Å². The quantitative estimate of drug-likeness (QED) is 0.269. The van der Waals surface area contributed by atoms with Gasteiger partial charge < -0.3 is 5.32 Å². The van der Waals surface area contributed by atoms with Gasteiger partial charge in [0, 0.05) is 5.56 Å².